The molecule has 1 N–H and O–H groups in total. The van der Waals surface area contributed by atoms with E-state index in [0.717, 1.165) is 22.5 Å². The van der Waals surface area contributed by atoms with Crippen molar-refractivity contribution in [1.29, 1.82) is 0 Å². The van der Waals surface area contributed by atoms with Crippen molar-refractivity contribution in [2.45, 2.75) is 13.8 Å². The molecule has 0 unspecified atom stereocenters. The Kier molecular flexibility index (Phi) is 5.63. The van der Waals surface area contributed by atoms with E-state index in [2.05, 4.69) is 34.5 Å². The number of carbonyl (C=O) groups is 1. The molecular formula is C19H24N2O2. The van der Waals surface area contributed by atoms with Crippen molar-refractivity contribution < 1.29 is 9.53 Å². The van der Waals surface area contributed by atoms with Gasteiger partial charge in [0.05, 0.1) is 6.61 Å². The first-order chi connectivity index (χ1) is 11.0. The zero-order valence-corrected chi connectivity index (χ0v) is 14.2. The predicted octanol–water partition coefficient (Wildman–Crippen LogP) is 4.62. The van der Waals surface area contributed by atoms with Gasteiger partial charge in [0.15, 0.2) is 0 Å². The van der Waals surface area contributed by atoms with Gasteiger partial charge < -0.3 is 9.64 Å². The van der Waals surface area contributed by atoms with Gasteiger partial charge in [-0.05, 0) is 41.3 Å². The third-order valence-corrected chi connectivity index (χ3v) is 3.37. The molecule has 0 aliphatic carbocycles. The smallest absolute Gasteiger partial charge is 0.411 e. The molecule has 2 aromatic rings. The quantitative estimate of drug-likeness (QED) is 0.875. The molecule has 0 bridgehead atoms. The molecule has 23 heavy (non-hydrogen) atoms. The lowest BCUT2D eigenvalue weighted by Crippen LogP contribution is -2.16. The highest BCUT2D eigenvalue weighted by Crippen LogP contribution is 2.25. The topological polar surface area (TPSA) is 41.6 Å². The molecule has 0 fully saturated rings. The van der Waals surface area contributed by atoms with Crippen molar-refractivity contribution in [3.63, 3.8) is 0 Å². The fraction of sp³-hybridized carbons (Fsp3) is 0.316. The standard InChI is InChI=1S/C19H24N2O2/c1-14(2)13-23-19(22)20-17-7-5-6-16(12-17)15-8-10-18(11-9-15)21(3)4/h5-12,14H,13H2,1-4H3,(H,20,22). The molecule has 4 heteroatoms. The van der Waals surface area contributed by atoms with Crippen molar-refractivity contribution in [3.05, 3.63) is 48.5 Å². The molecule has 4 nitrogen and oxygen atoms in total. The first-order valence-electron chi connectivity index (χ1n) is 7.77. The Balaban J connectivity index is 2.08. The van der Waals surface area contributed by atoms with Crippen molar-refractivity contribution in [3.8, 4) is 11.1 Å². The van der Waals surface area contributed by atoms with E-state index < -0.39 is 6.09 Å². The maximum absolute atomic E-state index is 11.7. The SMILES string of the molecule is CC(C)COC(=O)Nc1cccc(-c2ccc(N(C)C)cc2)c1. The number of anilines is 2. The maximum atomic E-state index is 11.7. The third-order valence-electron chi connectivity index (χ3n) is 3.37. The van der Waals surface area contributed by atoms with Crippen LogP contribution in [0, 0.1) is 5.92 Å². The molecule has 0 atom stereocenters. The summed E-state index contributed by atoms with van der Waals surface area (Å²) in [6.07, 6.45) is -0.418. The summed E-state index contributed by atoms with van der Waals surface area (Å²) < 4.78 is 5.14. The van der Waals surface area contributed by atoms with Gasteiger partial charge in [-0.25, -0.2) is 4.79 Å². The summed E-state index contributed by atoms with van der Waals surface area (Å²) in [6, 6.07) is 16.0. The van der Waals surface area contributed by atoms with Gasteiger partial charge in [-0.1, -0.05) is 38.1 Å². The molecule has 0 spiro atoms. The van der Waals surface area contributed by atoms with E-state index in [4.69, 9.17) is 4.74 Å². The van der Waals surface area contributed by atoms with Gasteiger partial charge in [0.1, 0.15) is 0 Å². The van der Waals surface area contributed by atoms with Crippen molar-refractivity contribution in [1.82, 2.24) is 0 Å². The van der Waals surface area contributed by atoms with Crippen LogP contribution in [0.25, 0.3) is 11.1 Å². The first-order valence-corrected chi connectivity index (χ1v) is 7.77. The summed E-state index contributed by atoms with van der Waals surface area (Å²) in [4.78, 5) is 13.8. The zero-order chi connectivity index (χ0) is 16.8. The highest BCUT2D eigenvalue weighted by molar-refractivity contribution is 5.86. The summed E-state index contributed by atoms with van der Waals surface area (Å²) >= 11 is 0. The second-order valence-corrected chi connectivity index (χ2v) is 6.14. The minimum absolute atomic E-state index is 0.322. The van der Waals surface area contributed by atoms with Crippen molar-refractivity contribution in [2.75, 3.05) is 30.9 Å². The van der Waals surface area contributed by atoms with Gasteiger partial charge >= 0.3 is 6.09 Å². The van der Waals surface area contributed by atoms with Crippen LogP contribution in [0.4, 0.5) is 16.2 Å². The number of nitrogens with one attached hydrogen (secondary N) is 1. The van der Waals surface area contributed by atoms with E-state index in [1.165, 1.54) is 0 Å². The Morgan fingerprint density at radius 2 is 1.78 bits per heavy atom. The van der Waals surface area contributed by atoms with E-state index in [9.17, 15) is 4.79 Å². The molecule has 0 radical (unpaired) electrons. The monoisotopic (exact) mass is 312 g/mol. The summed E-state index contributed by atoms with van der Waals surface area (Å²) in [5.41, 5.74) is 4.04. The van der Waals surface area contributed by atoms with Crippen LogP contribution in [0.1, 0.15) is 13.8 Å². The third kappa shape index (κ3) is 5.02. The number of hydrogen-bond acceptors (Lipinski definition) is 3. The number of hydrogen-bond donors (Lipinski definition) is 1. The normalized spacial score (nSPS) is 10.5. The Morgan fingerprint density at radius 1 is 1.09 bits per heavy atom. The average molecular weight is 312 g/mol. The van der Waals surface area contributed by atoms with E-state index >= 15 is 0 Å². The van der Waals surface area contributed by atoms with Crippen LogP contribution >= 0.6 is 0 Å². The molecule has 2 aromatic carbocycles. The molecule has 0 aliphatic rings. The number of amides is 1. The van der Waals surface area contributed by atoms with Gasteiger partial charge in [0.2, 0.25) is 0 Å². The number of carbonyl (C=O) groups excluding carboxylic acids is 1. The van der Waals surface area contributed by atoms with Gasteiger partial charge in [0, 0.05) is 25.5 Å². The first kappa shape index (κ1) is 16.9. The van der Waals surface area contributed by atoms with E-state index in [-0.39, 0.29) is 0 Å². The Morgan fingerprint density at radius 3 is 2.39 bits per heavy atom. The molecule has 0 saturated heterocycles. The molecule has 0 saturated carbocycles. The number of nitrogens with zero attached hydrogens (tertiary/aromatic N) is 1. The fourth-order valence-corrected chi connectivity index (χ4v) is 2.12. The van der Waals surface area contributed by atoms with E-state index in [1.807, 2.05) is 52.2 Å². The molecule has 0 aliphatic heterocycles. The van der Waals surface area contributed by atoms with Crippen molar-refractivity contribution >= 4 is 17.5 Å². The summed E-state index contributed by atoms with van der Waals surface area (Å²) in [6.45, 7) is 4.42. The van der Waals surface area contributed by atoms with Crippen molar-refractivity contribution in [2.24, 2.45) is 5.92 Å². The summed E-state index contributed by atoms with van der Waals surface area (Å²) in [7, 11) is 4.03. The minimum Gasteiger partial charge on any atom is -0.449 e. The fourth-order valence-electron chi connectivity index (χ4n) is 2.12. The summed E-state index contributed by atoms with van der Waals surface area (Å²) in [5.74, 6) is 0.322. The second-order valence-electron chi connectivity index (χ2n) is 6.14. The summed E-state index contributed by atoms with van der Waals surface area (Å²) in [5, 5.41) is 2.77. The number of benzene rings is 2. The highest BCUT2D eigenvalue weighted by Gasteiger charge is 2.06. The van der Waals surface area contributed by atoms with Crippen LogP contribution in [-0.4, -0.2) is 26.8 Å². The van der Waals surface area contributed by atoms with Crippen LogP contribution in [0.15, 0.2) is 48.5 Å². The van der Waals surface area contributed by atoms with Crippen LogP contribution in [0.2, 0.25) is 0 Å². The lowest BCUT2D eigenvalue weighted by Gasteiger charge is -2.13. The molecule has 0 heterocycles. The Hall–Kier alpha value is -2.49. The van der Waals surface area contributed by atoms with E-state index in [1.54, 1.807) is 0 Å². The van der Waals surface area contributed by atoms with E-state index in [0.29, 0.717) is 12.5 Å². The molecule has 122 valence electrons. The van der Waals surface area contributed by atoms with Gasteiger partial charge in [0.25, 0.3) is 0 Å². The van der Waals surface area contributed by atoms with Crippen LogP contribution in [-0.2, 0) is 4.74 Å². The van der Waals surface area contributed by atoms with Gasteiger partial charge in [-0.3, -0.25) is 5.32 Å². The number of rotatable bonds is 5. The lowest BCUT2D eigenvalue weighted by molar-refractivity contribution is 0.147. The predicted molar refractivity (Wildman–Crippen MR) is 96.0 cm³/mol. The highest BCUT2D eigenvalue weighted by atomic mass is 16.5. The minimum atomic E-state index is -0.418. The zero-order valence-electron chi connectivity index (χ0n) is 14.2. The van der Waals surface area contributed by atoms with Crippen LogP contribution in [0.5, 0.6) is 0 Å². The number of ether oxygens (including phenoxy) is 1. The average Bonchev–Trinajstić information content (AvgIpc) is 2.53. The Labute approximate surface area is 138 Å². The molecule has 2 rings (SSSR count). The molecule has 1 amide bonds. The van der Waals surface area contributed by atoms with Crippen LogP contribution in [0.3, 0.4) is 0 Å². The molecule has 0 aromatic heterocycles. The largest absolute Gasteiger partial charge is 0.449 e. The van der Waals surface area contributed by atoms with Gasteiger partial charge in [-0.15, -0.1) is 0 Å². The maximum Gasteiger partial charge on any atom is 0.411 e. The second kappa shape index (κ2) is 7.68. The molecular weight excluding hydrogens is 288 g/mol. The van der Waals surface area contributed by atoms with Gasteiger partial charge in [-0.2, -0.15) is 0 Å². The lowest BCUT2D eigenvalue weighted by atomic mass is 10.0. The Bertz CT molecular complexity index is 649. The van der Waals surface area contributed by atoms with Crippen LogP contribution < -0.4 is 10.2 Å².